The number of nitrogens with zero attached hydrogens (tertiary/aromatic N) is 1. The van der Waals surface area contributed by atoms with Crippen LogP contribution in [0, 0.1) is 11.3 Å². The maximum atomic E-state index is 2.41. The molecule has 0 fully saturated rings. The van der Waals surface area contributed by atoms with Crippen LogP contribution in [0.4, 0.5) is 0 Å². The van der Waals surface area contributed by atoms with Crippen molar-refractivity contribution < 1.29 is 0 Å². The molecular weight excluding hydrogens is 194 g/mol. The van der Waals surface area contributed by atoms with E-state index in [1.165, 1.54) is 12.8 Å². The Morgan fingerprint density at radius 2 is 2.06 bits per heavy atom. The Balaban J connectivity index is 2.77. The first-order valence-corrected chi connectivity index (χ1v) is 6.36. The van der Waals surface area contributed by atoms with Crippen LogP contribution in [0.3, 0.4) is 0 Å². The second-order valence-electron chi connectivity index (χ2n) is 6.04. The van der Waals surface area contributed by atoms with E-state index in [9.17, 15) is 0 Å². The van der Waals surface area contributed by atoms with Crippen LogP contribution in [-0.2, 0) is 0 Å². The molecule has 0 aromatic rings. The van der Waals surface area contributed by atoms with E-state index in [-0.39, 0.29) is 0 Å². The summed E-state index contributed by atoms with van der Waals surface area (Å²) in [5.41, 5.74) is 1.96. The highest BCUT2D eigenvalue weighted by molar-refractivity contribution is 5.19. The molecule has 0 spiro atoms. The van der Waals surface area contributed by atoms with E-state index in [0.717, 1.165) is 0 Å². The van der Waals surface area contributed by atoms with Gasteiger partial charge in [-0.1, -0.05) is 37.6 Å². The zero-order valence-electron chi connectivity index (χ0n) is 11.7. The number of likely N-dealkylation sites (N-methyl/N-ethyl adjacent to an activating group) is 1. The van der Waals surface area contributed by atoms with Gasteiger partial charge in [0.2, 0.25) is 0 Å². The monoisotopic (exact) mass is 221 g/mol. The van der Waals surface area contributed by atoms with Crippen molar-refractivity contribution in [3.63, 3.8) is 0 Å². The lowest BCUT2D eigenvalue weighted by atomic mass is 9.68. The maximum Gasteiger partial charge on any atom is 0.0243 e. The van der Waals surface area contributed by atoms with Gasteiger partial charge in [-0.3, -0.25) is 0 Å². The van der Waals surface area contributed by atoms with Gasteiger partial charge in [-0.25, -0.2) is 0 Å². The van der Waals surface area contributed by atoms with Crippen LogP contribution in [0.5, 0.6) is 0 Å². The lowest BCUT2D eigenvalue weighted by Gasteiger charge is -2.37. The first kappa shape index (κ1) is 13.5. The fraction of sp³-hybridized carbons (Fsp3) is 0.733. The van der Waals surface area contributed by atoms with Crippen molar-refractivity contribution in [3.05, 3.63) is 23.8 Å². The zero-order chi connectivity index (χ0) is 12.3. The van der Waals surface area contributed by atoms with Crippen molar-refractivity contribution in [2.75, 3.05) is 14.1 Å². The smallest absolute Gasteiger partial charge is 0.0243 e. The maximum absolute atomic E-state index is 2.41. The second kappa shape index (κ2) is 5.18. The van der Waals surface area contributed by atoms with Gasteiger partial charge in [0, 0.05) is 12.0 Å². The molecule has 0 amide bonds. The van der Waals surface area contributed by atoms with Crippen LogP contribution in [0.1, 0.15) is 40.5 Å². The summed E-state index contributed by atoms with van der Waals surface area (Å²) in [5, 5.41) is 0. The van der Waals surface area contributed by atoms with Crippen LogP contribution in [-0.4, -0.2) is 25.0 Å². The van der Waals surface area contributed by atoms with Crippen LogP contribution in [0.2, 0.25) is 0 Å². The van der Waals surface area contributed by atoms with Crippen LogP contribution >= 0.6 is 0 Å². The molecule has 2 atom stereocenters. The normalized spacial score (nSPS) is 27.2. The van der Waals surface area contributed by atoms with E-state index < -0.39 is 0 Å². The first-order chi connectivity index (χ1) is 7.34. The minimum atomic E-state index is 0.418. The number of hydrogen-bond acceptors (Lipinski definition) is 1. The highest BCUT2D eigenvalue weighted by Crippen LogP contribution is 2.41. The molecule has 1 nitrogen and oxygen atoms in total. The van der Waals surface area contributed by atoms with Crippen molar-refractivity contribution in [3.8, 4) is 0 Å². The van der Waals surface area contributed by atoms with Gasteiger partial charge in [-0.15, -0.1) is 0 Å². The molecule has 1 aliphatic rings. The summed E-state index contributed by atoms with van der Waals surface area (Å²) >= 11 is 0. The molecule has 1 heteroatoms. The number of rotatable bonds is 3. The SMILES string of the molecule is CC1=CCCC(C)(C)C1/C=C/C(C)N(C)C. The summed E-state index contributed by atoms with van der Waals surface area (Å²) in [6.45, 7) is 9.29. The molecule has 0 bridgehead atoms. The van der Waals surface area contributed by atoms with Gasteiger partial charge < -0.3 is 4.90 Å². The Kier molecular flexibility index (Phi) is 4.37. The number of allylic oxidation sites excluding steroid dienone is 3. The molecule has 0 aromatic heterocycles. The molecule has 0 aromatic carbocycles. The lowest BCUT2D eigenvalue weighted by Crippen LogP contribution is -2.27. The molecule has 0 radical (unpaired) electrons. The quantitative estimate of drug-likeness (QED) is 0.654. The molecule has 92 valence electrons. The highest BCUT2D eigenvalue weighted by atomic mass is 15.1. The van der Waals surface area contributed by atoms with Crippen molar-refractivity contribution in [2.45, 2.75) is 46.6 Å². The molecule has 0 N–H and O–H groups in total. The summed E-state index contributed by atoms with van der Waals surface area (Å²) in [6, 6.07) is 0.519. The van der Waals surface area contributed by atoms with Crippen LogP contribution < -0.4 is 0 Å². The largest absolute Gasteiger partial charge is 0.303 e. The standard InChI is InChI=1S/C15H27N/c1-12-8-7-11-15(3,4)14(12)10-9-13(2)16(5)6/h8-10,13-14H,7,11H2,1-6H3/b10-9+. The summed E-state index contributed by atoms with van der Waals surface area (Å²) < 4.78 is 0. The third kappa shape index (κ3) is 3.21. The van der Waals surface area contributed by atoms with Gasteiger partial charge in [0.25, 0.3) is 0 Å². The minimum absolute atomic E-state index is 0.418. The van der Waals surface area contributed by atoms with E-state index >= 15 is 0 Å². The molecule has 2 unspecified atom stereocenters. The van der Waals surface area contributed by atoms with Crippen molar-refractivity contribution in [1.29, 1.82) is 0 Å². The van der Waals surface area contributed by atoms with Gasteiger partial charge in [0.05, 0.1) is 0 Å². The van der Waals surface area contributed by atoms with Gasteiger partial charge in [-0.05, 0) is 46.2 Å². The molecule has 0 heterocycles. The van der Waals surface area contributed by atoms with Gasteiger partial charge >= 0.3 is 0 Å². The fourth-order valence-corrected chi connectivity index (χ4v) is 2.43. The third-order valence-corrected chi connectivity index (χ3v) is 3.98. The highest BCUT2D eigenvalue weighted by Gasteiger charge is 2.30. The average Bonchev–Trinajstić information content (AvgIpc) is 2.15. The van der Waals surface area contributed by atoms with E-state index in [0.29, 0.717) is 17.4 Å². The lowest BCUT2D eigenvalue weighted by molar-refractivity contribution is 0.254. The molecule has 1 aliphatic carbocycles. The van der Waals surface area contributed by atoms with Crippen molar-refractivity contribution in [1.82, 2.24) is 4.90 Å². The Morgan fingerprint density at radius 1 is 1.44 bits per heavy atom. The summed E-state index contributed by atoms with van der Waals surface area (Å²) in [7, 11) is 4.26. The van der Waals surface area contributed by atoms with Crippen molar-refractivity contribution in [2.24, 2.45) is 11.3 Å². The molecule has 0 saturated heterocycles. The Morgan fingerprint density at radius 3 is 2.56 bits per heavy atom. The minimum Gasteiger partial charge on any atom is -0.303 e. The zero-order valence-corrected chi connectivity index (χ0v) is 11.7. The summed E-state index contributed by atoms with van der Waals surface area (Å²) in [4.78, 5) is 2.24. The molecular formula is C15H27N. The van der Waals surface area contributed by atoms with Crippen LogP contribution in [0.25, 0.3) is 0 Å². The Labute approximate surface area is 101 Å². The van der Waals surface area contributed by atoms with Gasteiger partial charge in [0.15, 0.2) is 0 Å². The molecule has 0 saturated carbocycles. The van der Waals surface area contributed by atoms with Crippen molar-refractivity contribution >= 4 is 0 Å². The third-order valence-electron chi connectivity index (χ3n) is 3.98. The Hall–Kier alpha value is -0.560. The van der Waals surface area contributed by atoms with Crippen LogP contribution in [0.15, 0.2) is 23.8 Å². The molecule has 16 heavy (non-hydrogen) atoms. The topological polar surface area (TPSA) is 3.24 Å². The van der Waals surface area contributed by atoms with Gasteiger partial charge in [-0.2, -0.15) is 0 Å². The Bertz CT molecular complexity index is 284. The average molecular weight is 221 g/mol. The predicted molar refractivity (Wildman–Crippen MR) is 72.6 cm³/mol. The van der Waals surface area contributed by atoms with E-state index in [1.54, 1.807) is 5.57 Å². The second-order valence-corrected chi connectivity index (χ2v) is 6.04. The molecule has 1 rings (SSSR count). The first-order valence-electron chi connectivity index (χ1n) is 6.36. The van der Waals surface area contributed by atoms with E-state index in [4.69, 9.17) is 0 Å². The number of hydrogen-bond donors (Lipinski definition) is 0. The summed E-state index contributed by atoms with van der Waals surface area (Å²) in [6.07, 6.45) is 9.70. The van der Waals surface area contributed by atoms with E-state index in [2.05, 4.69) is 64.9 Å². The fourth-order valence-electron chi connectivity index (χ4n) is 2.43. The van der Waals surface area contributed by atoms with E-state index in [1.807, 2.05) is 0 Å². The predicted octanol–water partition coefficient (Wildman–Crippen LogP) is 3.88. The van der Waals surface area contributed by atoms with Gasteiger partial charge in [0.1, 0.15) is 0 Å². The molecule has 0 aliphatic heterocycles. The summed E-state index contributed by atoms with van der Waals surface area (Å²) in [5.74, 6) is 0.614.